The summed E-state index contributed by atoms with van der Waals surface area (Å²) in [6.07, 6.45) is 0. The van der Waals surface area contributed by atoms with Gasteiger partial charge in [-0.1, -0.05) is 20.8 Å². The third-order valence-electron chi connectivity index (χ3n) is 2.62. The van der Waals surface area contributed by atoms with Crippen molar-refractivity contribution >= 4 is 11.7 Å². The second kappa shape index (κ2) is 4.34. The van der Waals surface area contributed by atoms with Crippen LogP contribution >= 0.6 is 0 Å². The van der Waals surface area contributed by atoms with Gasteiger partial charge in [-0.3, -0.25) is 0 Å². The fraction of sp³-hybridized carbons (Fsp3) is 0.333. The molecule has 0 saturated heterocycles. The summed E-state index contributed by atoms with van der Waals surface area (Å²) in [4.78, 5) is 11.3. The molecule has 1 heterocycles. The van der Waals surface area contributed by atoms with E-state index in [4.69, 9.17) is 5.73 Å². The lowest BCUT2D eigenvalue weighted by Gasteiger charge is -2.18. The number of nitrogen functional groups attached to an aromatic ring is 1. The van der Waals surface area contributed by atoms with Crippen LogP contribution in [0.3, 0.4) is 0 Å². The molecule has 0 aliphatic carbocycles. The molecule has 0 fully saturated rings. The normalized spacial score (nSPS) is 11.5. The Balaban J connectivity index is 2.69. The molecule has 100 valence electrons. The first kappa shape index (κ1) is 13.0. The van der Waals surface area contributed by atoms with Crippen molar-refractivity contribution < 1.29 is 9.90 Å². The molecule has 7 heteroatoms. The van der Waals surface area contributed by atoms with Gasteiger partial charge in [-0.25, -0.2) is 4.79 Å². The fourth-order valence-electron chi connectivity index (χ4n) is 1.72. The van der Waals surface area contributed by atoms with Gasteiger partial charge in [0.2, 0.25) is 0 Å². The summed E-state index contributed by atoms with van der Waals surface area (Å²) in [7, 11) is 0. The van der Waals surface area contributed by atoms with E-state index in [9.17, 15) is 9.90 Å². The van der Waals surface area contributed by atoms with Crippen LogP contribution in [0.5, 0.6) is 0 Å². The largest absolute Gasteiger partial charge is 0.478 e. The first-order valence-corrected chi connectivity index (χ1v) is 5.73. The van der Waals surface area contributed by atoms with E-state index in [-0.39, 0.29) is 11.0 Å². The van der Waals surface area contributed by atoms with Crippen LogP contribution in [0, 0.1) is 0 Å². The highest BCUT2D eigenvalue weighted by Crippen LogP contribution is 2.24. The Morgan fingerprint density at radius 2 is 2.05 bits per heavy atom. The van der Waals surface area contributed by atoms with E-state index >= 15 is 0 Å². The molecule has 1 aromatic carbocycles. The Kier molecular flexibility index (Phi) is 2.97. The first-order chi connectivity index (χ1) is 8.80. The summed E-state index contributed by atoms with van der Waals surface area (Å²) in [5.74, 6) is -0.481. The smallest absolute Gasteiger partial charge is 0.337 e. The molecule has 1 aromatic heterocycles. The number of carboxylic acids is 1. The number of rotatable bonds is 2. The van der Waals surface area contributed by atoms with Gasteiger partial charge in [0.1, 0.15) is 0 Å². The number of nitrogens with zero attached hydrogens (tertiary/aromatic N) is 4. The predicted octanol–water partition coefficient (Wildman–Crippen LogP) is 1.24. The minimum absolute atomic E-state index is 0.104. The lowest BCUT2D eigenvalue weighted by molar-refractivity contribution is 0.0696. The van der Waals surface area contributed by atoms with Gasteiger partial charge in [0.15, 0.2) is 5.82 Å². The molecule has 0 radical (unpaired) electrons. The second-order valence-electron chi connectivity index (χ2n) is 5.25. The highest BCUT2D eigenvalue weighted by molar-refractivity contribution is 5.92. The van der Waals surface area contributed by atoms with E-state index in [0.717, 1.165) is 0 Å². The number of carbonyl (C=O) groups is 1. The number of aromatic carboxylic acids is 1. The van der Waals surface area contributed by atoms with Gasteiger partial charge >= 0.3 is 5.97 Å². The molecule has 0 atom stereocenters. The highest BCUT2D eigenvalue weighted by Gasteiger charge is 2.25. The van der Waals surface area contributed by atoms with Crippen LogP contribution in [-0.2, 0) is 5.41 Å². The number of hydrogen-bond acceptors (Lipinski definition) is 5. The summed E-state index contributed by atoms with van der Waals surface area (Å²) >= 11 is 0. The minimum atomic E-state index is -1.05. The summed E-state index contributed by atoms with van der Waals surface area (Å²) in [5.41, 5.74) is 6.32. The number of benzene rings is 1. The monoisotopic (exact) mass is 261 g/mol. The van der Waals surface area contributed by atoms with Gasteiger partial charge in [-0.2, -0.15) is 4.68 Å². The van der Waals surface area contributed by atoms with Gasteiger partial charge < -0.3 is 10.8 Å². The maximum atomic E-state index is 11.3. The standard InChI is InChI=1S/C12H15N5O2/c1-12(2,3)11-14-15-16-17(11)9-6-7(13)4-5-8(9)10(18)19/h4-6H,13H2,1-3H3,(H,18,19). The second-order valence-corrected chi connectivity index (χ2v) is 5.25. The maximum absolute atomic E-state index is 11.3. The molecule has 3 N–H and O–H groups in total. The summed E-state index contributed by atoms with van der Waals surface area (Å²) in [6.45, 7) is 5.84. The van der Waals surface area contributed by atoms with Crippen LogP contribution < -0.4 is 5.73 Å². The van der Waals surface area contributed by atoms with Crippen molar-refractivity contribution in [1.82, 2.24) is 20.2 Å². The molecule has 0 aliphatic rings. The van der Waals surface area contributed by atoms with Crippen molar-refractivity contribution in [3.8, 4) is 5.69 Å². The Morgan fingerprint density at radius 1 is 1.37 bits per heavy atom. The van der Waals surface area contributed by atoms with Crippen molar-refractivity contribution in [2.75, 3.05) is 5.73 Å². The van der Waals surface area contributed by atoms with Crippen LogP contribution in [0.1, 0.15) is 37.0 Å². The Labute approximate surface area is 110 Å². The van der Waals surface area contributed by atoms with E-state index in [1.807, 2.05) is 20.8 Å². The third kappa shape index (κ3) is 2.40. The van der Waals surface area contributed by atoms with E-state index in [0.29, 0.717) is 17.2 Å². The van der Waals surface area contributed by atoms with Gasteiger partial charge in [0, 0.05) is 11.1 Å². The molecule has 0 saturated carbocycles. The maximum Gasteiger partial charge on any atom is 0.337 e. The van der Waals surface area contributed by atoms with E-state index in [1.165, 1.54) is 16.8 Å². The van der Waals surface area contributed by atoms with E-state index in [1.54, 1.807) is 6.07 Å². The quantitative estimate of drug-likeness (QED) is 0.787. The molecule has 2 aromatic rings. The average molecular weight is 261 g/mol. The molecule has 7 nitrogen and oxygen atoms in total. The molecule has 19 heavy (non-hydrogen) atoms. The molecule has 0 aliphatic heterocycles. The summed E-state index contributed by atoms with van der Waals surface area (Å²) in [5, 5.41) is 20.7. The van der Waals surface area contributed by atoms with Crippen LogP contribution in [-0.4, -0.2) is 31.3 Å². The zero-order chi connectivity index (χ0) is 14.2. The predicted molar refractivity (Wildman–Crippen MR) is 69.2 cm³/mol. The Morgan fingerprint density at radius 3 is 2.63 bits per heavy atom. The van der Waals surface area contributed by atoms with E-state index < -0.39 is 5.97 Å². The SMILES string of the molecule is CC(C)(C)c1nnnn1-c1cc(N)ccc1C(=O)O. The molecule has 2 rings (SSSR count). The van der Waals surface area contributed by atoms with Gasteiger partial charge in [0.25, 0.3) is 0 Å². The van der Waals surface area contributed by atoms with Crippen molar-refractivity contribution in [3.63, 3.8) is 0 Å². The number of tetrazole rings is 1. The zero-order valence-electron chi connectivity index (χ0n) is 11.0. The van der Waals surface area contributed by atoms with Gasteiger partial charge in [-0.05, 0) is 28.6 Å². The average Bonchev–Trinajstić information content (AvgIpc) is 2.76. The molecule has 0 unspecified atom stereocenters. The number of carboxylic acid groups (broad SMARTS) is 1. The Bertz CT molecular complexity index is 627. The lowest BCUT2D eigenvalue weighted by Crippen LogP contribution is -2.20. The number of anilines is 1. The third-order valence-corrected chi connectivity index (χ3v) is 2.62. The lowest BCUT2D eigenvalue weighted by atomic mass is 9.95. The minimum Gasteiger partial charge on any atom is -0.478 e. The van der Waals surface area contributed by atoms with Crippen molar-refractivity contribution in [2.24, 2.45) is 0 Å². The summed E-state index contributed by atoms with van der Waals surface area (Å²) in [6, 6.07) is 4.53. The van der Waals surface area contributed by atoms with E-state index in [2.05, 4.69) is 15.5 Å². The van der Waals surface area contributed by atoms with Gasteiger partial charge in [0.05, 0.1) is 11.3 Å². The molecule has 0 spiro atoms. The van der Waals surface area contributed by atoms with Crippen molar-refractivity contribution in [3.05, 3.63) is 29.6 Å². The van der Waals surface area contributed by atoms with Gasteiger partial charge in [-0.15, -0.1) is 5.10 Å². The fourth-order valence-corrected chi connectivity index (χ4v) is 1.72. The number of hydrogen-bond donors (Lipinski definition) is 2. The topological polar surface area (TPSA) is 107 Å². The Hall–Kier alpha value is -2.44. The molecular weight excluding hydrogens is 246 g/mol. The molecule has 0 bridgehead atoms. The van der Waals surface area contributed by atoms with Crippen molar-refractivity contribution in [2.45, 2.75) is 26.2 Å². The molecular formula is C12H15N5O2. The first-order valence-electron chi connectivity index (χ1n) is 5.73. The van der Waals surface area contributed by atoms with Crippen LogP contribution in [0.4, 0.5) is 5.69 Å². The number of aromatic nitrogens is 4. The van der Waals surface area contributed by atoms with Crippen molar-refractivity contribution in [1.29, 1.82) is 0 Å². The highest BCUT2D eigenvalue weighted by atomic mass is 16.4. The molecule has 0 amide bonds. The number of nitrogens with two attached hydrogens (primary N) is 1. The van der Waals surface area contributed by atoms with Crippen LogP contribution in [0.25, 0.3) is 5.69 Å². The van der Waals surface area contributed by atoms with Crippen LogP contribution in [0.2, 0.25) is 0 Å². The van der Waals surface area contributed by atoms with Crippen LogP contribution in [0.15, 0.2) is 18.2 Å². The summed E-state index contributed by atoms with van der Waals surface area (Å²) < 4.78 is 1.42. The zero-order valence-corrected chi connectivity index (χ0v) is 11.0.